The van der Waals surface area contributed by atoms with E-state index in [2.05, 4.69) is 6.92 Å². The van der Waals surface area contributed by atoms with Crippen LogP contribution in [0.5, 0.6) is 0 Å². The molecule has 0 spiro atoms. The van der Waals surface area contributed by atoms with Crippen LogP contribution in [0.25, 0.3) is 0 Å². The Morgan fingerprint density at radius 2 is 1.03 bits per heavy atom. The minimum atomic E-state index is -0.521. The molecule has 0 aliphatic heterocycles. The summed E-state index contributed by atoms with van der Waals surface area (Å²) in [5.41, 5.74) is 0. The van der Waals surface area contributed by atoms with E-state index in [1.165, 1.54) is 110 Å². The quantitative estimate of drug-likeness (QED) is 0.141. The van der Waals surface area contributed by atoms with Crippen LogP contribution in [0.3, 0.4) is 0 Å². The molecule has 1 unspecified atom stereocenters. The molecule has 0 aromatic rings. The standard InChI is InChI=1S/C25H48O5/c1-4-5-6-7-8-9-10-11-12-13-14-15-16-17-18-19-20-28-21-25(30-24(3)27)22-29-23(2)26/h25H,4-22H2,1-3H3. The highest BCUT2D eigenvalue weighted by molar-refractivity contribution is 5.67. The van der Waals surface area contributed by atoms with Crippen molar-refractivity contribution >= 4 is 11.9 Å². The number of hydrogen-bond donors (Lipinski definition) is 0. The fourth-order valence-corrected chi connectivity index (χ4v) is 3.53. The summed E-state index contributed by atoms with van der Waals surface area (Å²) in [5.74, 6) is -0.775. The molecule has 30 heavy (non-hydrogen) atoms. The molecule has 0 rings (SSSR count). The van der Waals surface area contributed by atoms with Gasteiger partial charge >= 0.3 is 11.9 Å². The Labute approximate surface area is 185 Å². The van der Waals surface area contributed by atoms with Crippen LogP contribution in [-0.2, 0) is 23.8 Å². The summed E-state index contributed by atoms with van der Waals surface area (Å²) in [6.07, 6.45) is 21.0. The molecule has 0 amide bonds. The van der Waals surface area contributed by atoms with Gasteiger partial charge in [-0.3, -0.25) is 9.59 Å². The molecule has 5 heteroatoms. The van der Waals surface area contributed by atoms with Crippen LogP contribution in [0, 0.1) is 0 Å². The Morgan fingerprint density at radius 3 is 1.43 bits per heavy atom. The maximum Gasteiger partial charge on any atom is 0.303 e. The van der Waals surface area contributed by atoms with Gasteiger partial charge in [0.25, 0.3) is 0 Å². The number of rotatable bonds is 22. The normalized spacial score (nSPS) is 12.0. The SMILES string of the molecule is CCCCCCCCCCCCCCCCCCOCC(COC(C)=O)OC(C)=O. The second kappa shape index (κ2) is 22.6. The highest BCUT2D eigenvalue weighted by Gasteiger charge is 2.14. The van der Waals surface area contributed by atoms with Crippen molar-refractivity contribution in [1.29, 1.82) is 0 Å². The van der Waals surface area contributed by atoms with Crippen molar-refractivity contribution in [3.05, 3.63) is 0 Å². The topological polar surface area (TPSA) is 61.8 Å². The number of esters is 2. The zero-order chi connectivity index (χ0) is 22.3. The van der Waals surface area contributed by atoms with Crippen molar-refractivity contribution in [1.82, 2.24) is 0 Å². The average molecular weight is 429 g/mol. The number of unbranched alkanes of at least 4 members (excludes halogenated alkanes) is 15. The molecule has 1 atom stereocenters. The van der Waals surface area contributed by atoms with Gasteiger partial charge in [-0.15, -0.1) is 0 Å². The summed E-state index contributed by atoms with van der Waals surface area (Å²) in [6, 6.07) is 0. The third kappa shape index (κ3) is 23.2. The van der Waals surface area contributed by atoms with E-state index in [1.807, 2.05) is 0 Å². The van der Waals surface area contributed by atoms with Gasteiger partial charge in [-0.05, 0) is 6.42 Å². The number of carbonyl (C=O) groups is 2. The Balaban J connectivity index is 3.33. The highest BCUT2D eigenvalue weighted by atomic mass is 16.6. The smallest absolute Gasteiger partial charge is 0.303 e. The van der Waals surface area contributed by atoms with E-state index < -0.39 is 12.1 Å². The first-order valence-corrected chi connectivity index (χ1v) is 12.4. The van der Waals surface area contributed by atoms with Gasteiger partial charge in [-0.25, -0.2) is 0 Å². The summed E-state index contributed by atoms with van der Waals surface area (Å²) < 4.78 is 15.6. The molecule has 0 fully saturated rings. The third-order valence-corrected chi connectivity index (χ3v) is 5.25. The fraction of sp³-hybridized carbons (Fsp3) is 0.920. The van der Waals surface area contributed by atoms with E-state index in [4.69, 9.17) is 14.2 Å². The van der Waals surface area contributed by atoms with Crippen LogP contribution in [-0.4, -0.2) is 37.9 Å². The van der Waals surface area contributed by atoms with Gasteiger partial charge in [0.15, 0.2) is 6.10 Å². The Hall–Kier alpha value is -1.10. The minimum absolute atomic E-state index is 0.0495. The number of hydrogen-bond acceptors (Lipinski definition) is 5. The zero-order valence-corrected chi connectivity index (χ0v) is 20.1. The third-order valence-electron chi connectivity index (χ3n) is 5.25. The molecule has 0 aromatic carbocycles. The van der Waals surface area contributed by atoms with Crippen molar-refractivity contribution in [3.63, 3.8) is 0 Å². The van der Waals surface area contributed by atoms with Gasteiger partial charge in [0.2, 0.25) is 0 Å². The summed E-state index contributed by atoms with van der Waals surface area (Å²) in [7, 11) is 0. The van der Waals surface area contributed by atoms with Gasteiger partial charge in [0.1, 0.15) is 6.61 Å². The Bertz CT molecular complexity index is 397. The Kier molecular flexibility index (Phi) is 21.8. The zero-order valence-electron chi connectivity index (χ0n) is 20.1. The Morgan fingerprint density at radius 1 is 0.600 bits per heavy atom. The fourth-order valence-electron chi connectivity index (χ4n) is 3.53. The maximum absolute atomic E-state index is 11.1. The molecule has 178 valence electrons. The molecular weight excluding hydrogens is 380 g/mol. The number of ether oxygens (including phenoxy) is 3. The molecule has 0 bridgehead atoms. The predicted molar refractivity (Wildman–Crippen MR) is 123 cm³/mol. The molecule has 0 aromatic heterocycles. The van der Waals surface area contributed by atoms with Crippen LogP contribution < -0.4 is 0 Å². The van der Waals surface area contributed by atoms with E-state index in [-0.39, 0.29) is 19.2 Å². The average Bonchev–Trinajstić information content (AvgIpc) is 2.70. The lowest BCUT2D eigenvalue weighted by molar-refractivity contribution is -0.159. The van der Waals surface area contributed by atoms with E-state index in [1.54, 1.807) is 0 Å². The first kappa shape index (κ1) is 28.9. The van der Waals surface area contributed by atoms with Crippen molar-refractivity contribution in [3.8, 4) is 0 Å². The lowest BCUT2D eigenvalue weighted by Gasteiger charge is -2.16. The van der Waals surface area contributed by atoms with Crippen LogP contribution in [0.15, 0.2) is 0 Å². The van der Waals surface area contributed by atoms with E-state index in [0.717, 1.165) is 6.42 Å². The largest absolute Gasteiger partial charge is 0.462 e. The monoisotopic (exact) mass is 428 g/mol. The van der Waals surface area contributed by atoms with Crippen LogP contribution in [0.2, 0.25) is 0 Å². The van der Waals surface area contributed by atoms with Crippen LogP contribution in [0.1, 0.15) is 124 Å². The first-order chi connectivity index (χ1) is 14.6. The second-order valence-corrected chi connectivity index (χ2v) is 8.41. The maximum atomic E-state index is 11.1. The molecule has 0 heterocycles. The molecule has 0 saturated carbocycles. The van der Waals surface area contributed by atoms with Gasteiger partial charge in [0.05, 0.1) is 6.61 Å². The lowest BCUT2D eigenvalue weighted by atomic mass is 10.0. The van der Waals surface area contributed by atoms with Crippen LogP contribution >= 0.6 is 0 Å². The minimum Gasteiger partial charge on any atom is -0.462 e. The molecule has 0 radical (unpaired) electrons. The van der Waals surface area contributed by atoms with Gasteiger partial charge in [0, 0.05) is 20.5 Å². The van der Waals surface area contributed by atoms with Crippen molar-refractivity contribution < 1.29 is 23.8 Å². The van der Waals surface area contributed by atoms with Gasteiger partial charge < -0.3 is 14.2 Å². The van der Waals surface area contributed by atoms with Gasteiger partial charge in [-0.1, -0.05) is 103 Å². The molecule has 0 saturated heterocycles. The summed E-state index contributed by atoms with van der Waals surface area (Å²) in [5, 5.41) is 0. The summed E-state index contributed by atoms with van der Waals surface area (Å²) in [6.45, 7) is 5.92. The number of carbonyl (C=O) groups excluding carboxylic acids is 2. The highest BCUT2D eigenvalue weighted by Crippen LogP contribution is 2.13. The summed E-state index contributed by atoms with van der Waals surface area (Å²) >= 11 is 0. The van der Waals surface area contributed by atoms with Gasteiger partial charge in [-0.2, -0.15) is 0 Å². The second-order valence-electron chi connectivity index (χ2n) is 8.41. The first-order valence-electron chi connectivity index (χ1n) is 12.4. The molecule has 0 aliphatic carbocycles. The van der Waals surface area contributed by atoms with E-state index >= 15 is 0 Å². The van der Waals surface area contributed by atoms with Crippen LogP contribution in [0.4, 0.5) is 0 Å². The van der Waals surface area contributed by atoms with E-state index in [9.17, 15) is 9.59 Å². The van der Waals surface area contributed by atoms with E-state index in [0.29, 0.717) is 6.61 Å². The van der Waals surface area contributed by atoms with Crippen molar-refractivity contribution in [2.24, 2.45) is 0 Å². The lowest BCUT2D eigenvalue weighted by Crippen LogP contribution is -2.28. The molecule has 0 N–H and O–H groups in total. The van der Waals surface area contributed by atoms with Crippen molar-refractivity contribution in [2.75, 3.05) is 19.8 Å². The van der Waals surface area contributed by atoms with Crippen molar-refractivity contribution in [2.45, 2.75) is 130 Å². The summed E-state index contributed by atoms with van der Waals surface area (Å²) in [4.78, 5) is 21.9. The molecule has 0 aliphatic rings. The predicted octanol–water partition coefficient (Wildman–Crippen LogP) is 6.76. The molecular formula is C25H48O5. The molecule has 5 nitrogen and oxygen atoms in total.